The van der Waals surface area contributed by atoms with E-state index in [-0.39, 0.29) is 23.6 Å². The highest BCUT2D eigenvalue weighted by Gasteiger charge is 2.60. The number of nitrogens with zero attached hydrogens (tertiary/aromatic N) is 1. The van der Waals surface area contributed by atoms with Gasteiger partial charge in [-0.25, -0.2) is 4.98 Å². The van der Waals surface area contributed by atoms with Crippen molar-refractivity contribution in [3.05, 3.63) is 16.6 Å². The average molecular weight is 295 g/mol. The van der Waals surface area contributed by atoms with Gasteiger partial charge in [0.05, 0.1) is 23.7 Å². The lowest BCUT2D eigenvalue weighted by molar-refractivity contribution is -0.254. The number of aromatic nitrogens is 1. The third kappa shape index (κ3) is 2.49. The summed E-state index contributed by atoms with van der Waals surface area (Å²) < 4.78 is 11.5. The van der Waals surface area contributed by atoms with Crippen LogP contribution in [0.15, 0.2) is 10.9 Å². The van der Waals surface area contributed by atoms with Crippen molar-refractivity contribution in [1.82, 2.24) is 4.98 Å². The Kier molecular flexibility index (Phi) is 3.82. The molecule has 1 saturated heterocycles. The third-order valence-electron chi connectivity index (χ3n) is 4.55. The first-order chi connectivity index (χ1) is 9.59. The van der Waals surface area contributed by atoms with Gasteiger partial charge in [0.2, 0.25) is 0 Å². The molecule has 0 N–H and O–H groups in total. The van der Waals surface area contributed by atoms with Crippen LogP contribution in [0.2, 0.25) is 0 Å². The predicted octanol–water partition coefficient (Wildman–Crippen LogP) is 2.82. The molecule has 1 aromatic rings. The first-order valence-corrected chi connectivity index (χ1v) is 8.21. The van der Waals surface area contributed by atoms with Crippen LogP contribution in [0.3, 0.4) is 0 Å². The van der Waals surface area contributed by atoms with Crippen LogP contribution >= 0.6 is 11.3 Å². The number of hydrogen-bond acceptors (Lipinski definition) is 5. The number of rotatable bonds is 4. The zero-order valence-corrected chi connectivity index (χ0v) is 12.8. The summed E-state index contributed by atoms with van der Waals surface area (Å²) in [5, 5.41) is 1.98. The molecule has 3 rings (SSSR count). The van der Waals surface area contributed by atoms with Crippen LogP contribution in [0.1, 0.15) is 38.8 Å². The molecule has 5 heteroatoms. The van der Waals surface area contributed by atoms with Gasteiger partial charge in [-0.05, 0) is 12.8 Å². The molecule has 1 aliphatic heterocycles. The molecule has 0 bridgehead atoms. The SMILES string of the molecule is CC1(C)[C@@H]2OCCC[C@@H]2[C@@H]1OC(=O)CCc1cscn1. The number of aryl methyl sites for hydroxylation is 1. The van der Waals surface area contributed by atoms with E-state index >= 15 is 0 Å². The molecule has 3 atom stereocenters. The molecule has 0 spiro atoms. The van der Waals surface area contributed by atoms with Crippen molar-refractivity contribution >= 4 is 17.3 Å². The van der Waals surface area contributed by atoms with E-state index in [0.717, 1.165) is 25.1 Å². The Morgan fingerprint density at radius 3 is 3.20 bits per heavy atom. The highest BCUT2D eigenvalue weighted by Crippen LogP contribution is 2.52. The van der Waals surface area contributed by atoms with Crippen molar-refractivity contribution in [3.63, 3.8) is 0 Å². The number of carbonyl (C=O) groups excluding carboxylic acids is 1. The van der Waals surface area contributed by atoms with Crippen molar-refractivity contribution in [1.29, 1.82) is 0 Å². The van der Waals surface area contributed by atoms with Crippen LogP contribution < -0.4 is 0 Å². The lowest BCUT2D eigenvalue weighted by atomic mass is 9.57. The normalized spacial score (nSPS) is 31.2. The van der Waals surface area contributed by atoms with Crippen LogP contribution in [0.5, 0.6) is 0 Å². The summed E-state index contributed by atoms with van der Waals surface area (Å²) in [6.45, 7) is 5.12. The van der Waals surface area contributed by atoms with Crippen molar-refractivity contribution < 1.29 is 14.3 Å². The maximum Gasteiger partial charge on any atom is 0.306 e. The Bertz CT molecular complexity index is 471. The Morgan fingerprint density at radius 2 is 2.45 bits per heavy atom. The number of fused-ring (bicyclic) bond motifs is 1. The largest absolute Gasteiger partial charge is 0.461 e. The van der Waals surface area contributed by atoms with Gasteiger partial charge in [-0.15, -0.1) is 11.3 Å². The van der Waals surface area contributed by atoms with Crippen molar-refractivity contribution in [3.8, 4) is 0 Å². The van der Waals surface area contributed by atoms with Crippen LogP contribution in [0, 0.1) is 11.3 Å². The van der Waals surface area contributed by atoms with E-state index in [4.69, 9.17) is 9.47 Å². The Balaban J connectivity index is 1.53. The number of carbonyl (C=O) groups is 1. The maximum atomic E-state index is 12.0. The molecule has 2 aliphatic rings. The summed E-state index contributed by atoms with van der Waals surface area (Å²) in [7, 11) is 0. The quantitative estimate of drug-likeness (QED) is 0.801. The van der Waals surface area contributed by atoms with Gasteiger partial charge < -0.3 is 9.47 Å². The van der Waals surface area contributed by atoms with Crippen molar-refractivity contribution in [2.24, 2.45) is 11.3 Å². The first-order valence-electron chi connectivity index (χ1n) is 7.27. The van der Waals surface area contributed by atoms with E-state index in [2.05, 4.69) is 18.8 Å². The smallest absolute Gasteiger partial charge is 0.306 e. The molecule has 2 fully saturated rings. The van der Waals surface area contributed by atoms with Gasteiger partial charge in [0.25, 0.3) is 0 Å². The summed E-state index contributed by atoms with van der Waals surface area (Å²) in [5.41, 5.74) is 2.71. The average Bonchev–Trinajstić information content (AvgIpc) is 2.96. The van der Waals surface area contributed by atoms with E-state index in [1.807, 2.05) is 5.38 Å². The van der Waals surface area contributed by atoms with E-state index in [9.17, 15) is 4.79 Å². The zero-order valence-electron chi connectivity index (χ0n) is 12.0. The second kappa shape index (κ2) is 5.45. The second-order valence-corrected chi connectivity index (χ2v) is 7.03. The third-order valence-corrected chi connectivity index (χ3v) is 5.19. The molecular formula is C15H21NO3S. The Labute approximate surface area is 123 Å². The number of ether oxygens (including phenoxy) is 2. The Hall–Kier alpha value is -0.940. The highest BCUT2D eigenvalue weighted by atomic mass is 32.1. The van der Waals surface area contributed by atoms with Gasteiger partial charge in [-0.3, -0.25) is 4.79 Å². The lowest BCUT2D eigenvalue weighted by Gasteiger charge is -2.58. The number of thiazole rings is 1. The monoisotopic (exact) mass is 295 g/mol. The maximum absolute atomic E-state index is 12.0. The fraction of sp³-hybridized carbons (Fsp3) is 0.733. The van der Waals surface area contributed by atoms with Gasteiger partial charge in [-0.2, -0.15) is 0 Å². The summed E-state index contributed by atoms with van der Waals surface area (Å²) >= 11 is 1.56. The van der Waals surface area contributed by atoms with E-state index in [1.165, 1.54) is 0 Å². The lowest BCUT2D eigenvalue weighted by Crippen LogP contribution is -2.65. The first kappa shape index (κ1) is 14.0. The fourth-order valence-electron chi connectivity index (χ4n) is 3.51. The minimum atomic E-state index is -0.111. The van der Waals surface area contributed by atoms with Gasteiger partial charge in [0, 0.05) is 29.7 Å². The van der Waals surface area contributed by atoms with Gasteiger partial charge in [0.15, 0.2) is 0 Å². The molecule has 0 radical (unpaired) electrons. The minimum Gasteiger partial charge on any atom is -0.461 e. The molecule has 0 aromatic carbocycles. The van der Waals surface area contributed by atoms with Crippen LogP contribution in [0.25, 0.3) is 0 Å². The molecular weight excluding hydrogens is 274 g/mol. The van der Waals surface area contributed by atoms with Crippen LogP contribution in [-0.4, -0.2) is 29.8 Å². The molecule has 1 aliphatic carbocycles. The Morgan fingerprint density at radius 1 is 1.60 bits per heavy atom. The molecule has 110 valence electrons. The highest BCUT2D eigenvalue weighted by molar-refractivity contribution is 7.07. The fourth-order valence-corrected chi connectivity index (χ4v) is 4.10. The van der Waals surface area contributed by atoms with Gasteiger partial charge in [-0.1, -0.05) is 13.8 Å². The molecule has 2 heterocycles. The van der Waals surface area contributed by atoms with E-state index in [0.29, 0.717) is 18.8 Å². The minimum absolute atomic E-state index is 0.00994. The van der Waals surface area contributed by atoms with Crippen molar-refractivity contribution in [2.75, 3.05) is 6.61 Å². The summed E-state index contributed by atoms with van der Waals surface area (Å²) in [4.78, 5) is 16.2. The van der Waals surface area contributed by atoms with Gasteiger partial charge in [0.1, 0.15) is 6.10 Å². The predicted molar refractivity (Wildman–Crippen MR) is 76.6 cm³/mol. The second-order valence-electron chi connectivity index (χ2n) is 6.31. The summed E-state index contributed by atoms with van der Waals surface area (Å²) in [5.74, 6) is 0.280. The molecule has 4 nitrogen and oxygen atoms in total. The zero-order chi connectivity index (χ0) is 14.2. The van der Waals surface area contributed by atoms with E-state index in [1.54, 1.807) is 16.8 Å². The molecule has 0 unspecified atom stereocenters. The molecule has 1 saturated carbocycles. The summed E-state index contributed by atoms with van der Waals surface area (Å²) in [6.07, 6.45) is 3.53. The standard InChI is InChI=1S/C15H21NO3S/c1-15(2)13-11(4-3-7-18-13)14(15)19-12(17)6-5-10-8-20-9-16-10/h8-9,11,13-14H,3-7H2,1-2H3/t11-,13+,14-/m0/s1. The molecule has 1 aromatic heterocycles. The van der Waals surface area contributed by atoms with E-state index < -0.39 is 0 Å². The van der Waals surface area contributed by atoms with Crippen molar-refractivity contribution in [2.45, 2.75) is 51.7 Å². The number of esters is 1. The molecule has 20 heavy (non-hydrogen) atoms. The van der Waals surface area contributed by atoms with Crippen LogP contribution in [0.4, 0.5) is 0 Å². The van der Waals surface area contributed by atoms with Crippen LogP contribution in [-0.2, 0) is 20.7 Å². The van der Waals surface area contributed by atoms with Gasteiger partial charge >= 0.3 is 5.97 Å². The number of hydrogen-bond donors (Lipinski definition) is 0. The topological polar surface area (TPSA) is 48.4 Å². The molecule has 0 amide bonds. The summed E-state index contributed by atoms with van der Waals surface area (Å²) in [6, 6.07) is 0.